The lowest BCUT2D eigenvalue weighted by atomic mass is 10.1. The maximum absolute atomic E-state index is 14.6. The Hall–Kier alpha value is -5.30. The molecule has 5 aromatic rings. The van der Waals surface area contributed by atoms with Crippen LogP contribution in [0.5, 0.6) is 0 Å². The van der Waals surface area contributed by atoms with Crippen LogP contribution in [-0.4, -0.2) is 31.6 Å². The number of rotatable bonds is 10. The van der Waals surface area contributed by atoms with Gasteiger partial charge in [-0.25, -0.2) is 0 Å². The van der Waals surface area contributed by atoms with Gasteiger partial charge in [-0.3, -0.25) is 30.2 Å². The summed E-state index contributed by atoms with van der Waals surface area (Å²) in [4.78, 5) is 21.4. The Morgan fingerprint density at radius 3 is 1.98 bits per heavy atom. The van der Waals surface area contributed by atoms with Crippen molar-refractivity contribution in [3.8, 4) is 16.9 Å². The molecule has 1 N–H and O–H groups in total. The van der Waals surface area contributed by atoms with Crippen molar-refractivity contribution in [3.05, 3.63) is 140 Å². The van der Waals surface area contributed by atoms with Gasteiger partial charge in [0, 0.05) is 42.5 Å². The van der Waals surface area contributed by atoms with Gasteiger partial charge in [-0.2, -0.15) is 19.0 Å². The van der Waals surface area contributed by atoms with Crippen LogP contribution in [0.1, 0.15) is 5.56 Å². The van der Waals surface area contributed by atoms with Crippen LogP contribution >= 0.6 is 19.1 Å². The fourth-order valence-electron chi connectivity index (χ4n) is 3.88. The molecule has 1 heterocycles. The largest absolute Gasteiger partial charge is 0.366 e. The molecule has 0 saturated heterocycles. The number of hydrogen-bond acceptors (Lipinski definition) is 10. The molecule has 0 fully saturated rings. The number of hydrazone groups is 1. The zero-order chi connectivity index (χ0) is 30.4. The maximum Gasteiger partial charge on any atom is 0.366 e. The van der Waals surface area contributed by atoms with E-state index in [-0.39, 0.29) is 27.1 Å². The average Bonchev–Trinajstić information content (AvgIpc) is 3.45. The highest BCUT2D eigenvalue weighted by Gasteiger charge is 2.32. The van der Waals surface area contributed by atoms with Gasteiger partial charge in [-0.1, -0.05) is 36.4 Å². The van der Waals surface area contributed by atoms with Crippen LogP contribution in [0.3, 0.4) is 0 Å². The number of anilines is 1. The van der Waals surface area contributed by atoms with Crippen LogP contribution in [0, 0.1) is 20.2 Å². The molecule has 5 rings (SSSR count). The van der Waals surface area contributed by atoms with E-state index in [4.69, 9.17) is 4.52 Å². The Morgan fingerprint density at radius 1 is 0.860 bits per heavy atom. The lowest BCUT2D eigenvalue weighted by Gasteiger charge is -2.14. The SMILES string of the molecule is CO[P@](=O)(N=c1sn(-c2ccccc2)nc1-c1ccc([N+](=O)[O-])cc1)/C(=N\Nc1ccccc1)c1ccc([N+](=O)[O-])cc1. The monoisotopic (exact) mass is 615 g/mol. The van der Waals surface area contributed by atoms with E-state index in [0.717, 1.165) is 11.5 Å². The first-order chi connectivity index (χ1) is 20.8. The molecule has 0 saturated carbocycles. The van der Waals surface area contributed by atoms with Gasteiger partial charge in [0.15, 0.2) is 10.1 Å². The molecule has 216 valence electrons. The minimum atomic E-state index is -4.19. The number of nitrogens with one attached hydrogen (secondary N) is 1. The van der Waals surface area contributed by atoms with Crippen molar-refractivity contribution in [2.24, 2.45) is 9.86 Å². The molecular formula is C28H22N7O6PS. The van der Waals surface area contributed by atoms with Crippen molar-refractivity contribution in [2.45, 2.75) is 0 Å². The summed E-state index contributed by atoms with van der Waals surface area (Å²) in [5.74, 6) is 0. The summed E-state index contributed by atoms with van der Waals surface area (Å²) in [6.07, 6.45) is 0. The Bertz CT molecular complexity index is 1910. The third kappa shape index (κ3) is 6.62. The van der Waals surface area contributed by atoms with Crippen molar-refractivity contribution < 1.29 is 18.9 Å². The minimum Gasteiger partial charge on any atom is -0.311 e. The smallest absolute Gasteiger partial charge is 0.311 e. The molecule has 0 spiro atoms. The van der Waals surface area contributed by atoms with Gasteiger partial charge in [0.05, 0.1) is 21.2 Å². The Kier molecular flexibility index (Phi) is 8.62. The average molecular weight is 616 g/mol. The molecule has 0 radical (unpaired) electrons. The van der Waals surface area contributed by atoms with Crippen molar-refractivity contribution >= 4 is 41.6 Å². The number of para-hydroxylation sites is 2. The van der Waals surface area contributed by atoms with Crippen molar-refractivity contribution in [1.29, 1.82) is 0 Å². The molecule has 15 heteroatoms. The third-order valence-corrected chi connectivity index (χ3v) is 8.94. The molecule has 0 aliphatic carbocycles. The van der Waals surface area contributed by atoms with Gasteiger partial charge in [0.2, 0.25) is 0 Å². The molecule has 1 aromatic heterocycles. The molecule has 43 heavy (non-hydrogen) atoms. The van der Waals surface area contributed by atoms with Crippen LogP contribution in [0.4, 0.5) is 17.1 Å². The summed E-state index contributed by atoms with van der Waals surface area (Å²) in [6, 6.07) is 29.2. The predicted octanol–water partition coefficient (Wildman–Crippen LogP) is 6.63. The first-order valence-electron chi connectivity index (χ1n) is 12.5. The number of nitrogens with zero attached hydrogens (tertiary/aromatic N) is 6. The highest BCUT2D eigenvalue weighted by atomic mass is 32.1. The topological polar surface area (TPSA) is 167 Å². The third-order valence-electron chi connectivity index (χ3n) is 6.03. The lowest BCUT2D eigenvalue weighted by molar-refractivity contribution is -0.385. The van der Waals surface area contributed by atoms with E-state index >= 15 is 0 Å². The van der Waals surface area contributed by atoms with Crippen LogP contribution in [0.15, 0.2) is 119 Å². The van der Waals surface area contributed by atoms with E-state index in [1.54, 1.807) is 28.3 Å². The van der Waals surface area contributed by atoms with E-state index < -0.39 is 17.4 Å². The zero-order valence-corrected chi connectivity index (χ0v) is 24.1. The summed E-state index contributed by atoms with van der Waals surface area (Å²) in [6.45, 7) is 0. The number of nitro groups is 2. The summed E-state index contributed by atoms with van der Waals surface area (Å²) in [5.41, 5.74) is 4.89. The Balaban J connectivity index is 1.69. The van der Waals surface area contributed by atoms with Crippen LogP contribution < -0.4 is 10.1 Å². The van der Waals surface area contributed by atoms with Gasteiger partial charge in [-0.15, -0.1) is 0 Å². The Morgan fingerprint density at radius 2 is 1.42 bits per heavy atom. The highest BCUT2D eigenvalue weighted by molar-refractivity contribution is 7.76. The van der Waals surface area contributed by atoms with Crippen LogP contribution in [0.2, 0.25) is 0 Å². The Labute approximate surface area is 248 Å². The summed E-state index contributed by atoms with van der Waals surface area (Å²) < 4.78 is 26.5. The fraction of sp³-hybridized carbons (Fsp3) is 0.0357. The van der Waals surface area contributed by atoms with Gasteiger partial charge in [0.1, 0.15) is 5.69 Å². The predicted molar refractivity (Wildman–Crippen MR) is 163 cm³/mol. The molecular weight excluding hydrogens is 593 g/mol. The summed E-state index contributed by atoms with van der Waals surface area (Å²) in [5, 5.41) is 31.5. The van der Waals surface area contributed by atoms with E-state index in [9.17, 15) is 24.8 Å². The quantitative estimate of drug-likeness (QED) is 0.0790. The minimum absolute atomic E-state index is 0.0944. The van der Waals surface area contributed by atoms with Crippen LogP contribution in [-0.2, 0) is 9.09 Å². The maximum atomic E-state index is 14.6. The number of nitro benzene ring substituents is 2. The number of non-ortho nitro benzene ring substituents is 2. The lowest BCUT2D eigenvalue weighted by Crippen LogP contribution is -2.10. The molecule has 0 amide bonds. The standard InChI is InChI=1S/C28H22N7O6PS/c1-41-42(40,27(30-29-22-8-4-2-5-9-22)21-14-18-25(19-15-21)35(38)39)32-28-26(20-12-16-24(17-13-20)34(36)37)31-33(43-28)23-10-6-3-7-11-23/h2-19,29H,1H3/b30-27-,32-28?/t42-/m0/s1. The molecule has 13 nitrogen and oxygen atoms in total. The van der Waals surface area contributed by atoms with Gasteiger partial charge < -0.3 is 4.52 Å². The first-order valence-corrected chi connectivity index (χ1v) is 14.9. The second-order valence-corrected chi connectivity index (χ2v) is 11.7. The van der Waals surface area contributed by atoms with Crippen molar-refractivity contribution in [3.63, 3.8) is 0 Å². The van der Waals surface area contributed by atoms with E-state index in [0.29, 0.717) is 22.6 Å². The van der Waals surface area contributed by atoms with E-state index in [2.05, 4.69) is 20.4 Å². The number of hydrogen-bond donors (Lipinski definition) is 1. The van der Waals surface area contributed by atoms with E-state index in [1.807, 2.05) is 36.4 Å². The van der Waals surface area contributed by atoms with Gasteiger partial charge >= 0.3 is 7.52 Å². The zero-order valence-electron chi connectivity index (χ0n) is 22.4. The van der Waals surface area contributed by atoms with Crippen molar-refractivity contribution in [1.82, 2.24) is 9.17 Å². The number of aromatic nitrogens is 2. The second kappa shape index (κ2) is 12.7. The highest BCUT2D eigenvalue weighted by Crippen LogP contribution is 2.51. The molecule has 0 bridgehead atoms. The second-order valence-electron chi connectivity index (χ2n) is 8.78. The van der Waals surface area contributed by atoms with E-state index in [1.165, 1.54) is 55.6 Å². The molecule has 0 aliphatic heterocycles. The normalized spacial score (nSPS) is 13.3. The molecule has 4 aromatic carbocycles. The van der Waals surface area contributed by atoms with Crippen molar-refractivity contribution in [2.75, 3.05) is 12.5 Å². The number of benzene rings is 4. The molecule has 1 atom stereocenters. The summed E-state index contributed by atoms with van der Waals surface area (Å²) >= 11 is 1.08. The van der Waals surface area contributed by atoms with Crippen LogP contribution in [0.25, 0.3) is 16.9 Å². The molecule has 0 unspecified atom stereocenters. The fourth-order valence-corrected chi connectivity index (χ4v) is 6.44. The first kappa shape index (κ1) is 29.2. The van der Waals surface area contributed by atoms with Gasteiger partial charge in [-0.05, 0) is 60.1 Å². The molecule has 0 aliphatic rings. The summed E-state index contributed by atoms with van der Waals surface area (Å²) in [7, 11) is -2.96. The van der Waals surface area contributed by atoms with Gasteiger partial charge in [0.25, 0.3) is 11.4 Å².